The quantitative estimate of drug-likeness (QED) is 0.756. The number of rotatable bonds is 7. The largest absolute Gasteiger partial charge is 0.341 e. The van der Waals surface area contributed by atoms with Gasteiger partial charge in [0.25, 0.3) is 0 Å². The third kappa shape index (κ3) is 4.72. The molecule has 0 aromatic heterocycles. The van der Waals surface area contributed by atoms with Crippen LogP contribution in [0.2, 0.25) is 0 Å². The Morgan fingerprint density at radius 2 is 2.21 bits per heavy atom. The van der Waals surface area contributed by atoms with Gasteiger partial charge in [0.2, 0.25) is 11.8 Å². The molecular formula is C18H25FN2O2S. The number of carbonyl (C=O) groups is 2. The van der Waals surface area contributed by atoms with Crippen LogP contribution in [-0.4, -0.2) is 47.0 Å². The van der Waals surface area contributed by atoms with Crippen LogP contribution in [-0.2, 0) is 9.59 Å². The molecule has 24 heavy (non-hydrogen) atoms. The number of benzene rings is 1. The van der Waals surface area contributed by atoms with E-state index in [1.54, 1.807) is 15.9 Å². The summed E-state index contributed by atoms with van der Waals surface area (Å²) < 4.78 is 13.5. The maximum Gasteiger partial charge on any atom is 0.233 e. The Labute approximate surface area is 147 Å². The molecule has 6 heteroatoms. The van der Waals surface area contributed by atoms with Gasteiger partial charge in [0.05, 0.1) is 5.75 Å². The van der Waals surface area contributed by atoms with E-state index in [0.29, 0.717) is 37.7 Å². The highest BCUT2D eigenvalue weighted by Crippen LogP contribution is 2.38. The Hall–Kier alpha value is -1.56. The van der Waals surface area contributed by atoms with Crippen LogP contribution in [0.3, 0.4) is 0 Å². The van der Waals surface area contributed by atoms with Gasteiger partial charge < -0.3 is 9.80 Å². The molecule has 1 heterocycles. The highest BCUT2D eigenvalue weighted by atomic mass is 32.2. The van der Waals surface area contributed by atoms with E-state index in [1.807, 2.05) is 26.8 Å². The Balaban J connectivity index is 2.03. The lowest BCUT2D eigenvalue weighted by atomic mass is 10.1. The van der Waals surface area contributed by atoms with Gasteiger partial charge in [0.1, 0.15) is 11.2 Å². The zero-order valence-electron chi connectivity index (χ0n) is 14.5. The van der Waals surface area contributed by atoms with Gasteiger partial charge >= 0.3 is 0 Å². The first kappa shape index (κ1) is 18.8. The Bertz CT molecular complexity index is 594. The molecule has 0 N–H and O–H groups in total. The molecule has 1 aliphatic heterocycles. The van der Waals surface area contributed by atoms with Crippen LogP contribution in [0.15, 0.2) is 24.3 Å². The smallest absolute Gasteiger partial charge is 0.233 e. The van der Waals surface area contributed by atoms with Crippen LogP contribution in [0.25, 0.3) is 0 Å². The summed E-state index contributed by atoms with van der Waals surface area (Å²) in [7, 11) is 0. The van der Waals surface area contributed by atoms with Crippen molar-refractivity contribution in [2.45, 2.75) is 32.6 Å². The molecule has 0 unspecified atom stereocenters. The summed E-state index contributed by atoms with van der Waals surface area (Å²) in [5.74, 6) is 0.578. The van der Waals surface area contributed by atoms with Gasteiger partial charge in [0.15, 0.2) is 0 Å². The van der Waals surface area contributed by atoms with Crippen LogP contribution in [0.5, 0.6) is 0 Å². The summed E-state index contributed by atoms with van der Waals surface area (Å²) in [4.78, 5) is 28.0. The van der Waals surface area contributed by atoms with Crippen LogP contribution >= 0.6 is 11.8 Å². The third-order valence-corrected chi connectivity index (χ3v) is 5.29. The molecule has 132 valence electrons. The maximum absolute atomic E-state index is 13.5. The average molecular weight is 352 g/mol. The summed E-state index contributed by atoms with van der Waals surface area (Å²) >= 11 is 1.50. The molecule has 0 bridgehead atoms. The number of thioether (sulfide) groups is 1. The van der Waals surface area contributed by atoms with Crippen molar-refractivity contribution in [2.24, 2.45) is 5.92 Å². The molecule has 0 saturated carbocycles. The SMILES string of the molecule is CCN(CCN1C(=O)CS[C@@H]1c1cccc(F)c1)C(=O)CC(C)C. The number of hydrogen-bond donors (Lipinski definition) is 0. The first-order valence-corrected chi connectivity index (χ1v) is 9.41. The monoisotopic (exact) mass is 352 g/mol. The molecule has 1 aliphatic rings. The lowest BCUT2D eigenvalue weighted by Crippen LogP contribution is -2.40. The van der Waals surface area contributed by atoms with Crippen molar-refractivity contribution in [3.63, 3.8) is 0 Å². The summed E-state index contributed by atoms with van der Waals surface area (Å²) in [6, 6.07) is 6.38. The van der Waals surface area contributed by atoms with E-state index in [2.05, 4.69) is 0 Å². The highest BCUT2D eigenvalue weighted by molar-refractivity contribution is 8.00. The Kier molecular flexibility index (Phi) is 6.66. The maximum atomic E-state index is 13.5. The van der Waals surface area contributed by atoms with Crippen molar-refractivity contribution < 1.29 is 14.0 Å². The van der Waals surface area contributed by atoms with E-state index < -0.39 is 0 Å². The van der Waals surface area contributed by atoms with Crippen molar-refractivity contribution in [3.05, 3.63) is 35.6 Å². The molecule has 1 aromatic carbocycles. The third-order valence-electron chi connectivity index (χ3n) is 4.03. The number of amides is 2. The van der Waals surface area contributed by atoms with E-state index in [4.69, 9.17) is 0 Å². The highest BCUT2D eigenvalue weighted by Gasteiger charge is 2.33. The van der Waals surface area contributed by atoms with Crippen LogP contribution in [0.1, 0.15) is 38.1 Å². The zero-order chi connectivity index (χ0) is 17.7. The van der Waals surface area contributed by atoms with Gasteiger partial charge in [-0.25, -0.2) is 4.39 Å². The molecule has 1 fully saturated rings. The fourth-order valence-corrected chi connectivity index (χ4v) is 4.01. The normalized spacial score (nSPS) is 17.6. The number of halogens is 1. The fraction of sp³-hybridized carbons (Fsp3) is 0.556. The van der Waals surface area contributed by atoms with E-state index in [0.717, 1.165) is 5.56 Å². The average Bonchev–Trinajstić information content (AvgIpc) is 2.88. The zero-order valence-corrected chi connectivity index (χ0v) is 15.3. The molecule has 0 aliphatic carbocycles. The number of carbonyl (C=O) groups excluding carboxylic acids is 2. The number of nitrogens with zero attached hydrogens (tertiary/aromatic N) is 2. The standard InChI is InChI=1S/C18H25FN2O2S/c1-4-20(16(22)10-13(2)3)8-9-21-17(23)12-24-18(21)14-6-5-7-15(19)11-14/h5-7,11,13,18H,4,8-10,12H2,1-3H3/t18-/m1/s1. The predicted octanol–water partition coefficient (Wildman–Crippen LogP) is 3.29. The number of likely N-dealkylation sites (N-methyl/N-ethyl adjacent to an activating group) is 1. The van der Waals surface area contributed by atoms with Crippen molar-refractivity contribution in [1.82, 2.24) is 9.80 Å². The molecule has 2 amide bonds. The van der Waals surface area contributed by atoms with Crippen molar-refractivity contribution >= 4 is 23.6 Å². The second-order valence-electron chi connectivity index (χ2n) is 6.38. The Morgan fingerprint density at radius 1 is 1.46 bits per heavy atom. The van der Waals surface area contributed by atoms with Gasteiger partial charge in [0, 0.05) is 26.1 Å². The molecule has 1 aromatic rings. The molecule has 2 rings (SSSR count). The molecule has 4 nitrogen and oxygen atoms in total. The first-order chi connectivity index (χ1) is 11.4. The fourth-order valence-electron chi connectivity index (χ4n) is 2.80. The Morgan fingerprint density at radius 3 is 2.83 bits per heavy atom. The summed E-state index contributed by atoms with van der Waals surface area (Å²) in [5, 5.41) is -0.174. The minimum atomic E-state index is -0.297. The lowest BCUT2D eigenvalue weighted by Gasteiger charge is -2.28. The van der Waals surface area contributed by atoms with Gasteiger partial charge in [-0.2, -0.15) is 0 Å². The minimum absolute atomic E-state index is 0.0432. The second kappa shape index (κ2) is 8.51. The molecule has 0 radical (unpaired) electrons. The van der Waals surface area contributed by atoms with Crippen molar-refractivity contribution in [2.75, 3.05) is 25.4 Å². The topological polar surface area (TPSA) is 40.6 Å². The van der Waals surface area contributed by atoms with E-state index in [-0.39, 0.29) is 23.0 Å². The molecule has 1 saturated heterocycles. The lowest BCUT2D eigenvalue weighted by molar-refractivity contribution is -0.134. The van der Waals surface area contributed by atoms with Crippen molar-refractivity contribution in [1.29, 1.82) is 0 Å². The number of hydrogen-bond acceptors (Lipinski definition) is 3. The van der Waals surface area contributed by atoms with Crippen LogP contribution < -0.4 is 0 Å². The summed E-state index contributed by atoms with van der Waals surface area (Å²) in [6.45, 7) is 7.61. The second-order valence-corrected chi connectivity index (χ2v) is 7.45. The molecular weight excluding hydrogens is 327 g/mol. The van der Waals surface area contributed by atoms with E-state index in [1.165, 1.54) is 23.9 Å². The van der Waals surface area contributed by atoms with Gasteiger partial charge in [-0.1, -0.05) is 26.0 Å². The molecule has 1 atom stereocenters. The van der Waals surface area contributed by atoms with Crippen molar-refractivity contribution in [3.8, 4) is 0 Å². The summed E-state index contributed by atoms with van der Waals surface area (Å²) in [5.41, 5.74) is 0.794. The van der Waals surface area contributed by atoms with Gasteiger partial charge in [-0.3, -0.25) is 9.59 Å². The van der Waals surface area contributed by atoms with Gasteiger partial charge in [-0.05, 0) is 30.5 Å². The summed E-state index contributed by atoms with van der Waals surface area (Å²) in [6.07, 6.45) is 0.518. The van der Waals surface area contributed by atoms with Crippen LogP contribution in [0, 0.1) is 11.7 Å². The first-order valence-electron chi connectivity index (χ1n) is 8.36. The van der Waals surface area contributed by atoms with Gasteiger partial charge in [-0.15, -0.1) is 11.8 Å². The predicted molar refractivity (Wildman–Crippen MR) is 95.0 cm³/mol. The van der Waals surface area contributed by atoms with E-state index in [9.17, 15) is 14.0 Å². The van der Waals surface area contributed by atoms with E-state index >= 15 is 0 Å². The minimum Gasteiger partial charge on any atom is -0.341 e. The van der Waals surface area contributed by atoms with Crippen LogP contribution in [0.4, 0.5) is 4.39 Å². The molecule has 0 spiro atoms.